The maximum Gasteiger partial charge on any atom is 0.0597 e. The molecule has 1 aromatic rings. The molecule has 0 N–H and O–H groups in total. The lowest BCUT2D eigenvalue weighted by atomic mass is 9.98. The molecule has 2 heterocycles. The number of piperidine rings is 1. The summed E-state index contributed by atoms with van der Waals surface area (Å²) in [6.07, 6.45) is 1.20. The molecular formula is C13H22ClN3. The van der Waals surface area contributed by atoms with Gasteiger partial charge < -0.3 is 0 Å². The van der Waals surface area contributed by atoms with Gasteiger partial charge in [0, 0.05) is 25.0 Å². The molecule has 2 atom stereocenters. The Bertz CT molecular complexity index is 375. The number of alkyl halides is 1. The maximum absolute atomic E-state index is 6.34. The number of aryl methyl sites for hydroxylation is 2. The van der Waals surface area contributed by atoms with Crippen molar-refractivity contribution in [3.05, 3.63) is 17.5 Å². The molecule has 1 fully saturated rings. The van der Waals surface area contributed by atoms with E-state index in [9.17, 15) is 0 Å². The molecule has 3 nitrogen and oxygen atoms in total. The first-order valence-electron chi connectivity index (χ1n) is 6.50. The quantitative estimate of drug-likeness (QED) is 0.775. The Morgan fingerprint density at radius 1 is 1.53 bits per heavy atom. The van der Waals surface area contributed by atoms with Crippen LogP contribution in [0.4, 0.5) is 0 Å². The maximum atomic E-state index is 6.34. The summed E-state index contributed by atoms with van der Waals surface area (Å²) in [5.74, 6) is 0.644. The molecule has 0 aliphatic carbocycles. The highest BCUT2D eigenvalue weighted by atomic mass is 35.5. The monoisotopic (exact) mass is 255 g/mol. The summed E-state index contributed by atoms with van der Waals surface area (Å²) in [5.41, 5.74) is 2.41. The van der Waals surface area contributed by atoms with Crippen LogP contribution in [0.1, 0.15) is 31.7 Å². The van der Waals surface area contributed by atoms with Crippen LogP contribution in [0.15, 0.2) is 6.07 Å². The molecule has 1 aliphatic heterocycles. The summed E-state index contributed by atoms with van der Waals surface area (Å²) >= 11 is 6.34. The fourth-order valence-corrected chi connectivity index (χ4v) is 2.78. The third-order valence-corrected chi connectivity index (χ3v) is 4.19. The smallest absolute Gasteiger partial charge is 0.0597 e. The van der Waals surface area contributed by atoms with Crippen LogP contribution in [0.3, 0.4) is 0 Å². The summed E-state index contributed by atoms with van der Waals surface area (Å²) in [4.78, 5) is 2.44. The van der Waals surface area contributed by atoms with E-state index in [1.165, 1.54) is 12.1 Å². The van der Waals surface area contributed by atoms with Gasteiger partial charge in [-0.05, 0) is 38.8 Å². The highest BCUT2D eigenvalue weighted by Gasteiger charge is 2.24. The molecule has 0 amide bonds. The van der Waals surface area contributed by atoms with Crippen molar-refractivity contribution in [2.24, 2.45) is 5.92 Å². The van der Waals surface area contributed by atoms with E-state index in [1.807, 2.05) is 0 Å². The van der Waals surface area contributed by atoms with Crippen molar-refractivity contribution in [3.8, 4) is 0 Å². The lowest BCUT2D eigenvalue weighted by Crippen LogP contribution is -2.40. The molecule has 2 rings (SSSR count). The Labute approximate surface area is 109 Å². The van der Waals surface area contributed by atoms with E-state index < -0.39 is 0 Å². The predicted octanol–water partition coefficient (Wildman–Crippen LogP) is 2.66. The fourth-order valence-electron chi connectivity index (χ4n) is 2.46. The van der Waals surface area contributed by atoms with Gasteiger partial charge in [0.2, 0.25) is 0 Å². The average Bonchev–Trinajstić information content (AvgIpc) is 2.64. The molecular weight excluding hydrogens is 234 g/mol. The molecule has 0 radical (unpaired) electrons. The van der Waals surface area contributed by atoms with E-state index in [-0.39, 0.29) is 0 Å². The van der Waals surface area contributed by atoms with Crippen molar-refractivity contribution >= 4 is 11.6 Å². The molecule has 1 aliphatic rings. The minimum absolute atomic E-state index is 0.294. The van der Waals surface area contributed by atoms with E-state index in [2.05, 4.69) is 41.5 Å². The highest BCUT2D eigenvalue weighted by Crippen LogP contribution is 2.23. The van der Waals surface area contributed by atoms with Gasteiger partial charge >= 0.3 is 0 Å². The van der Waals surface area contributed by atoms with Crippen LogP contribution < -0.4 is 0 Å². The molecule has 4 heteroatoms. The van der Waals surface area contributed by atoms with Crippen molar-refractivity contribution in [3.63, 3.8) is 0 Å². The van der Waals surface area contributed by atoms with E-state index >= 15 is 0 Å². The molecule has 1 aromatic heterocycles. The lowest BCUT2D eigenvalue weighted by molar-refractivity contribution is 0.185. The molecule has 96 valence electrons. The minimum atomic E-state index is 0.294. The zero-order valence-electron chi connectivity index (χ0n) is 11.0. The van der Waals surface area contributed by atoms with Crippen LogP contribution in [-0.2, 0) is 13.1 Å². The van der Waals surface area contributed by atoms with Crippen molar-refractivity contribution < 1.29 is 0 Å². The van der Waals surface area contributed by atoms with Gasteiger partial charge in [0.05, 0.1) is 11.4 Å². The topological polar surface area (TPSA) is 21.1 Å². The number of likely N-dealkylation sites (tertiary alicyclic amines) is 1. The zero-order chi connectivity index (χ0) is 12.4. The third-order valence-electron chi connectivity index (χ3n) is 3.62. The number of halogens is 1. The van der Waals surface area contributed by atoms with Crippen LogP contribution in [0.25, 0.3) is 0 Å². The van der Waals surface area contributed by atoms with Gasteiger partial charge in [-0.15, -0.1) is 11.6 Å². The van der Waals surface area contributed by atoms with Gasteiger partial charge in [-0.1, -0.05) is 6.92 Å². The van der Waals surface area contributed by atoms with Crippen LogP contribution in [0, 0.1) is 12.8 Å². The van der Waals surface area contributed by atoms with Crippen LogP contribution in [0.5, 0.6) is 0 Å². The summed E-state index contributed by atoms with van der Waals surface area (Å²) in [5, 5.41) is 4.78. The Hall–Kier alpha value is -0.540. The molecule has 17 heavy (non-hydrogen) atoms. The van der Waals surface area contributed by atoms with Crippen LogP contribution >= 0.6 is 11.6 Å². The summed E-state index contributed by atoms with van der Waals surface area (Å²) in [6.45, 7) is 10.5. The molecule has 1 saturated heterocycles. The van der Waals surface area contributed by atoms with Gasteiger partial charge in [-0.25, -0.2) is 0 Å². The lowest BCUT2D eigenvalue weighted by Gasteiger charge is -2.33. The van der Waals surface area contributed by atoms with E-state index in [0.717, 1.165) is 31.9 Å². The zero-order valence-corrected chi connectivity index (χ0v) is 11.7. The van der Waals surface area contributed by atoms with Gasteiger partial charge in [-0.3, -0.25) is 9.58 Å². The minimum Gasteiger partial charge on any atom is -0.296 e. The Morgan fingerprint density at radius 3 is 2.94 bits per heavy atom. The first-order valence-corrected chi connectivity index (χ1v) is 6.93. The van der Waals surface area contributed by atoms with Crippen molar-refractivity contribution in [2.45, 2.75) is 45.7 Å². The molecule has 0 saturated carbocycles. The second-order valence-electron chi connectivity index (χ2n) is 5.11. The second kappa shape index (κ2) is 5.40. The average molecular weight is 256 g/mol. The van der Waals surface area contributed by atoms with E-state index in [4.69, 9.17) is 11.6 Å². The number of hydrogen-bond donors (Lipinski definition) is 0. The molecule has 2 unspecified atom stereocenters. The number of aromatic nitrogens is 2. The van der Waals surface area contributed by atoms with Gasteiger partial charge in [0.25, 0.3) is 0 Å². The van der Waals surface area contributed by atoms with Crippen molar-refractivity contribution in [1.82, 2.24) is 14.7 Å². The van der Waals surface area contributed by atoms with Gasteiger partial charge in [-0.2, -0.15) is 5.10 Å². The first kappa shape index (κ1) is 12.9. The third kappa shape index (κ3) is 3.02. The van der Waals surface area contributed by atoms with Gasteiger partial charge in [0.15, 0.2) is 0 Å². The molecule has 0 aromatic carbocycles. The SMILES string of the molecule is CCn1nc(C)cc1CN1CCC(C)C(Cl)C1. The first-order chi connectivity index (χ1) is 8.10. The highest BCUT2D eigenvalue weighted by molar-refractivity contribution is 6.21. The number of hydrogen-bond acceptors (Lipinski definition) is 2. The van der Waals surface area contributed by atoms with E-state index in [0.29, 0.717) is 11.3 Å². The molecule has 0 spiro atoms. The Morgan fingerprint density at radius 2 is 2.29 bits per heavy atom. The van der Waals surface area contributed by atoms with E-state index in [1.54, 1.807) is 0 Å². The van der Waals surface area contributed by atoms with Crippen LogP contribution in [0.2, 0.25) is 0 Å². The number of rotatable bonds is 3. The van der Waals surface area contributed by atoms with Crippen molar-refractivity contribution in [1.29, 1.82) is 0 Å². The van der Waals surface area contributed by atoms with Crippen molar-refractivity contribution in [2.75, 3.05) is 13.1 Å². The predicted molar refractivity (Wildman–Crippen MR) is 71.3 cm³/mol. The summed E-state index contributed by atoms with van der Waals surface area (Å²) in [7, 11) is 0. The summed E-state index contributed by atoms with van der Waals surface area (Å²) in [6, 6.07) is 2.19. The second-order valence-corrected chi connectivity index (χ2v) is 5.67. The Kier molecular flexibility index (Phi) is 4.10. The van der Waals surface area contributed by atoms with Crippen LogP contribution in [-0.4, -0.2) is 33.1 Å². The number of nitrogens with zero attached hydrogens (tertiary/aromatic N) is 3. The summed E-state index contributed by atoms with van der Waals surface area (Å²) < 4.78 is 2.09. The standard InChI is InChI=1S/C13H22ClN3/c1-4-17-12(7-11(3)15-17)8-16-6-5-10(2)13(14)9-16/h7,10,13H,4-6,8-9H2,1-3H3. The fraction of sp³-hybridized carbons (Fsp3) is 0.769. The normalized spacial score (nSPS) is 26.4. The molecule has 0 bridgehead atoms. The Balaban J connectivity index is 2.00. The van der Waals surface area contributed by atoms with Gasteiger partial charge in [0.1, 0.15) is 0 Å². The largest absolute Gasteiger partial charge is 0.296 e.